The van der Waals surface area contributed by atoms with Gasteiger partial charge >= 0.3 is 18.1 Å². The molecule has 0 fully saturated rings. The van der Waals surface area contributed by atoms with Gasteiger partial charge in [0.25, 0.3) is 0 Å². The Morgan fingerprint density at radius 3 is 2.57 bits per heavy atom. The summed E-state index contributed by atoms with van der Waals surface area (Å²) in [5.74, 6) is -1.03. The number of aliphatic carboxylic acids is 1. The van der Waals surface area contributed by atoms with Gasteiger partial charge in [-0.25, -0.2) is 19.4 Å². The lowest BCUT2D eigenvalue weighted by Gasteiger charge is -2.17. The van der Waals surface area contributed by atoms with Gasteiger partial charge in [0.05, 0.1) is 44.3 Å². The van der Waals surface area contributed by atoms with Crippen LogP contribution in [-0.2, 0) is 33.8 Å². The van der Waals surface area contributed by atoms with Crippen LogP contribution >= 0.6 is 0 Å². The third kappa shape index (κ3) is 9.11. The van der Waals surface area contributed by atoms with Crippen LogP contribution in [0.1, 0.15) is 16.8 Å². The maximum atomic E-state index is 12.9. The number of hydrogen-bond donors (Lipinski definition) is 4. The first-order valence-corrected chi connectivity index (χ1v) is 12.9. The number of ether oxygens (including phenoxy) is 2. The molecule has 13 heteroatoms. The molecule has 0 aliphatic carbocycles. The number of amides is 4. The van der Waals surface area contributed by atoms with Crippen molar-refractivity contribution in [3.8, 4) is 5.75 Å². The standard InChI is InChI=1S/C29H34N6O7/c1-5-12-42-29(40)33-24(27(37)38)17-35-16-21(30-18-35)15-34(3)26(36)14-20-10-11-23(25(13-20)41-4)32-28(39)31-22-9-7-6-8-19(22)2/h5-11,13,16,18,24H,1,12,14-15,17H2,2-4H3,(H,33,40)(H,37,38)(H2,31,32,39). The Bertz CT molecular complexity index is 1440. The smallest absolute Gasteiger partial charge is 0.408 e. The predicted molar refractivity (Wildman–Crippen MR) is 155 cm³/mol. The number of carboxylic acid groups (broad SMARTS) is 1. The SMILES string of the molecule is C=CCOC(=O)NC(Cn1cnc(CN(C)C(=O)Cc2ccc(NC(=O)Nc3ccccc3C)c(OC)c2)c1)C(=O)O. The zero-order chi connectivity index (χ0) is 30.6. The van der Waals surface area contributed by atoms with E-state index in [1.165, 1.54) is 29.0 Å². The topological polar surface area (TPSA) is 164 Å². The van der Waals surface area contributed by atoms with Crippen molar-refractivity contribution in [3.05, 3.63) is 84.5 Å². The molecule has 2 aromatic carbocycles. The van der Waals surface area contributed by atoms with Crippen molar-refractivity contribution in [2.45, 2.75) is 32.5 Å². The molecule has 0 saturated carbocycles. The second-order valence-electron chi connectivity index (χ2n) is 9.34. The third-order valence-corrected chi connectivity index (χ3v) is 6.09. The largest absolute Gasteiger partial charge is 0.495 e. The number of hydrogen-bond acceptors (Lipinski definition) is 7. The van der Waals surface area contributed by atoms with Crippen molar-refractivity contribution in [2.24, 2.45) is 0 Å². The fraction of sp³-hybridized carbons (Fsp3) is 0.276. The van der Waals surface area contributed by atoms with Crippen molar-refractivity contribution in [1.29, 1.82) is 0 Å². The van der Waals surface area contributed by atoms with Gasteiger partial charge in [0, 0.05) is 18.9 Å². The van der Waals surface area contributed by atoms with Crippen LogP contribution in [0.2, 0.25) is 0 Å². The number of carboxylic acids is 1. The van der Waals surface area contributed by atoms with E-state index in [-0.39, 0.29) is 32.0 Å². The fourth-order valence-corrected chi connectivity index (χ4v) is 3.88. The van der Waals surface area contributed by atoms with Crippen LogP contribution in [0.5, 0.6) is 5.75 Å². The Morgan fingerprint density at radius 1 is 1.14 bits per heavy atom. The molecule has 0 radical (unpaired) electrons. The van der Waals surface area contributed by atoms with E-state index in [9.17, 15) is 24.3 Å². The zero-order valence-corrected chi connectivity index (χ0v) is 23.6. The van der Waals surface area contributed by atoms with E-state index in [1.54, 1.807) is 37.5 Å². The predicted octanol–water partition coefficient (Wildman–Crippen LogP) is 3.41. The normalized spacial score (nSPS) is 11.1. The molecule has 13 nitrogen and oxygen atoms in total. The zero-order valence-electron chi connectivity index (χ0n) is 23.6. The van der Waals surface area contributed by atoms with Crippen LogP contribution in [0.3, 0.4) is 0 Å². The highest BCUT2D eigenvalue weighted by Crippen LogP contribution is 2.26. The molecule has 1 unspecified atom stereocenters. The van der Waals surface area contributed by atoms with Crippen LogP contribution < -0.4 is 20.7 Å². The van der Waals surface area contributed by atoms with Gasteiger partial charge in [-0.1, -0.05) is 36.9 Å². The van der Waals surface area contributed by atoms with Crippen LogP contribution in [-0.4, -0.2) is 70.4 Å². The second kappa shape index (κ2) is 14.9. The van der Waals surface area contributed by atoms with Gasteiger partial charge in [0.2, 0.25) is 5.91 Å². The number of urea groups is 1. The third-order valence-electron chi connectivity index (χ3n) is 6.09. The quantitative estimate of drug-likeness (QED) is 0.224. The highest BCUT2D eigenvalue weighted by molar-refractivity contribution is 6.01. The summed E-state index contributed by atoms with van der Waals surface area (Å²) in [4.78, 5) is 54.4. The Morgan fingerprint density at radius 2 is 1.88 bits per heavy atom. The molecule has 222 valence electrons. The van der Waals surface area contributed by atoms with Gasteiger partial charge in [-0.2, -0.15) is 0 Å². The molecular weight excluding hydrogens is 544 g/mol. The number of aryl methyl sites for hydroxylation is 1. The molecular formula is C29H34N6O7. The van der Waals surface area contributed by atoms with E-state index in [0.29, 0.717) is 28.4 Å². The van der Waals surface area contributed by atoms with Gasteiger partial charge in [0.15, 0.2) is 0 Å². The van der Waals surface area contributed by atoms with E-state index >= 15 is 0 Å². The minimum Gasteiger partial charge on any atom is -0.495 e. The molecule has 0 spiro atoms. The number of nitrogens with one attached hydrogen (secondary N) is 3. The average molecular weight is 579 g/mol. The Labute approximate surface area is 243 Å². The number of anilines is 2. The first-order chi connectivity index (χ1) is 20.1. The van der Waals surface area contributed by atoms with Crippen molar-refractivity contribution in [1.82, 2.24) is 19.8 Å². The number of alkyl carbamates (subject to hydrolysis) is 1. The van der Waals surface area contributed by atoms with E-state index in [1.807, 2.05) is 25.1 Å². The summed E-state index contributed by atoms with van der Waals surface area (Å²) in [6.07, 6.45) is 3.58. The lowest BCUT2D eigenvalue weighted by molar-refractivity contribution is -0.139. The minimum absolute atomic E-state index is 0.0484. The monoisotopic (exact) mass is 578 g/mol. The van der Waals surface area contributed by atoms with E-state index in [0.717, 1.165) is 5.56 Å². The van der Waals surface area contributed by atoms with Gasteiger partial charge in [-0.05, 0) is 36.2 Å². The van der Waals surface area contributed by atoms with Gasteiger partial charge in [0.1, 0.15) is 18.4 Å². The highest BCUT2D eigenvalue weighted by Gasteiger charge is 2.22. The summed E-state index contributed by atoms with van der Waals surface area (Å²) >= 11 is 0. The van der Waals surface area contributed by atoms with Crippen LogP contribution in [0.25, 0.3) is 0 Å². The maximum Gasteiger partial charge on any atom is 0.408 e. The number of nitrogens with zero attached hydrogens (tertiary/aromatic N) is 3. The number of benzene rings is 2. The van der Waals surface area contributed by atoms with Gasteiger partial charge in [-0.15, -0.1) is 0 Å². The first kappa shape index (κ1) is 31.2. The molecule has 0 aliphatic rings. The van der Waals surface area contributed by atoms with Crippen molar-refractivity contribution >= 4 is 35.4 Å². The number of likely N-dealkylation sites (N-methyl/N-ethyl adjacent to an activating group) is 1. The minimum atomic E-state index is -1.25. The number of imidazole rings is 1. The summed E-state index contributed by atoms with van der Waals surface area (Å²) in [6.45, 7) is 5.36. The number of carbonyl (C=O) groups is 4. The van der Waals surface area contributed by atoms with Crippen molar-refractivity contribution in [2.75, 3.05) is 31.4 Å². The number of methoxy groups -OCH3 is 1. The Balaban J connectivity index is 1.56. The van der Waals surface area contributed by atoms with E-state index in [2.05, 4.69) is 27.5 Å². The number of aromatic nitrogens is 2. The lowest BCUT2D eigenvalue weighted by atomic mass is 10.1. The van der Waals surface area contributed by atoms with Crippen LogP contribution in [0.15, 0.2) is 67.6 Å². The molecule has 0 aliphatic heterocycles. The summed E-state index contributed by atoms with van der Waals surface area (Å²) in [7, 11) is 3.10. The molecule has 4 amide bonds. The summed E-state index contributed by atoms with van der Waals surface area (Å²) < 4.78 is 11.7. The molecule has 4 N–H and O–H groups in total. The van der Waals surface area contributed by atoms with Crippen molar-refractivity contribution < 1.29 is 33.8 Å². The molecule has 3 rings (SSSR count). The number of carbonyl (C=O) groups excluding carboxylic acids is 3. The second-order valence-corrected chi connectivity index (χ2v) is 9.34. The molecule has 0 saturated heterocycles. The number of rotatable bonds is 13. The first-order valence-electron chi connectivity index (χ1n) is 12.9. The summed E-state index contributed by atoms with van der Waals surface area (Å²) in [5, 5.41) is 17.3. The van der Waals surface area contributed by atoms with Crippen molar-refractivity contribution in [3.63, 3.8) is 0 Å². The molecule has 1 atom stereocenters. The molecule has 1 aromatic heterocycles. The van der Waals surface area contributed by atoms with Crippen LogP contribution in [0, 0.1) is 6.92 Å². The van der Waals surface area contributed by atoms with E-state index < -0.39 is 24.1 Å². The molecule has 0 bridgehead atoms. The average Bonchev–Trinajstić information content (AvgIpc) is 3.39. The van der Waals surface area contributed by atoms with Gasteiger partial charge < -0.3 is 40.0 Å². The fourth-order valence-electron chi connectivity index (χ4n) is 3.88. The number of para-hydroxylation sites is 1. The highest BCUT2D eigenvalue weighted by atomic mass is 16.5. The molecule has 42 heavy (non-hydrogen) atoms. The Kier molecular flexibility index (Phi) is 11.1. The van der Waals surface area contributed by atoms with Crippen LogP contribution in [0.4, 0.5) is 21.0 Å². The molecule has 1 heterocycles. The van der Waals surface area contributed by atoms with E-state index in [4.69, 9.17) is 9.47 Å². The molecule has 3 aromatic rings. The summed E-state index contributed by atoms with van der Waals surface area (Å²) in [6, 6.07) is 10.8. The summed E-state index contributed by atoms with van der Waals surface area (Å²) in [5.41, 5.74) is 3.26. The lowest BCUT2D eigenvalue weighted by Crippen LogP contribution is -2.43. The Hall–Kier alpha value is -5.33. The maximum absolute atomic E-state index is 12.9. The van der Waals surface area contributed by atoms with Gasteiger partial charge in [-0.3, -0.25) is 4.79 Å².